The van der Waals surface area contributed by atoms with E-state index in [2.05, 4.69) is 23.0 Å². The molecule has 2 aliphatic rings. The highest BCUT2D eigenvalue weighted by atomic mass is 16.5. The molecule has 1 N–H and O–H groups in total. The van der Waals surface area contributed by atoms with Crippen LogP contribution in [0, 0.1) is 12.8 Å². The minimum Gasteiger partial charge on any atom is -0.381 e. The highest BCUT2D eigenvalue weighted by molar-refractivity contribution is 5.95. The second-order valence-electron chi connectivity index (χ2n) is 6.12. The fraction of sp³-hybridized carbons (Fsp3) is 0.688. The molecule has 1 aliphatic carbocycles. The highest BCUT2D eigenvalue weighted by Crippen LogP contribution is 2.28. The summed E-state index contributed by atoms with van der Waals surface area (Å²) in [5.41, 5.74) is 1.93. The fourth-order valence-corrected chi connectivity index (χ4v) is 3.05. The van der Waals surface area contributed by atoms with Crippen LogP contribution in [-0.2, 0) is 11.3 Å². The Hall–Kier alpha value is -1.29. The minimum atomic E-state index is 0.0711. The van der Waals surface area contributed by atoms with Gasteiger partial charge in [-0.05, 0) is 44.6 Å². The first kappa shape index (κ1) is 13.7. The molecule has 4 heteroatoms. The average Bonchev–Trinajstić information content (AvgIpc) is 2.76. The van der Waals surface area contributed by atoms with Crippen LogP contribution in [0.15, 0.2) is 12.3 Å². The number of hydrogen-bond acceptors (Lipinski definition) is 2. The molecule has 2 heterocycles. The Labute approximate surface area is 120 Å². The number of ether oxygens (including phenoxy) is 1. The Balaban J connectivity index is 1.61. The van der Waals surface area contributed by atoms with Gasteiger partial charge in [0.05, 0.1) is 5.56 Å². The molecule has 1 amide bonds. The van der Waals surface area contributed by atoms with E-state index in [1.807, 2.05) is 6.07 Å². The summed E-state index contributed by atoms with van der Waals surface area (Å²) in [4.78, 5) is 12.4. The Morgan fingerprint density at radius 2 is 2.10 bits per heavy atom. The molecule has 0 unspecified atom stereocenters. The molecule has 3 rings (SSSR count). The van der Waals surface area contributed by atoms with Crippen molar-refractivity contribution in [3.8, 4) is 0 Å². The molecule has 0 bridgehead atoms. The molecule has 1 aliphatic heterocycles. The Bertz CT molecular complexity index is 471. The highest BCUT2D eigenvalue weighted by Gasteiger charge is 2.22. The van der Waals surface area contributed by atoms with Gasteiger partial charge < -0.3 is 14.6 Å². The van der Waals surface area contributed by atoms with Crippen LogP contribution in [0.25, 0.3) is 0 Å². The second kappa shape index (κ2) is 6.00. The van der Waals surface area contributed by atoms with Gasteiger partial charge in [-0.25, -0.2) is 0 Å². The van der Waals surface area contributed by atoms with Gasteiger partial charge in [-0.1, -0.05) is 6.42 Å². The lowest BCUT2D eigenvalue weighted by atomic mass is 9.85. The zero-order valence-electron chi connectivity index (χ0n) is 12.2. The van der Waals surface area contributed by atoms with E-state index in [1.165, 1.54) is 19.3 Å². The molecule has 1 saturated carbocycles. The smallest absolute Gasteiger partial charge is 0.253 e. The lowest BCUT2D eigenvalue weighted by Gasteiger charge is -2.26. The number of carbonyl (C=O) groups is 1. The molecule has 0 aromatic carbocycles. The molecule has 1 aromatic heterocycles. The topological polar surface area (TPSA) is 43.3 Å². The summed E-state index contributed by atoms with van der Waals surface area (Å²) in [5.74, 6) is 0.884. The molecule has 20 heavy (non-hydrogen) atoms. The number of carbonyl (C=O) groups excluding carboxylic acids is 1. The van der Waals surface area contributed by atoms with Gasteiger partial charge in [0.25, 0.3) is 5.91 Å². The predicted molar refractivity (Wildman–Crippen MR) is 77.8 cm³/mol. The van der Waals surface area contributed by atoms with E-state index in [4.69, 9.17) is 4.74 Å². The maximum atomic E-state index is 12.4. The van der Waals surface area contributed by atoms with Crippen molar-refractivity contribution in [2.45, 2.75) is 51.6 Å². The first-order valence-corrected chi connectivity index (χ1v) is 7.78. The summed E-state index contributed by atoms with van der Waals surface area (Å²) in [6.07, 6.45) is 7.94. The van der Waals surface area contributed by atoms with E-state index < -0.39 is 0 Å². The zero-order valence-corrected chi connectivity index (χ0v) is 12.2. The van der Waals surface area contributed by atoms with Crippen LogP contribution in [0.2, 0.25) is 0 Å². The first-order valence-electron chi connectivity index (χ1n) is 7.78. The maximum Gasteiger partial charge on any atom is 0.253 e. The van der Waals surface area contributed by atoms with Crippen molar-refractivity contribution in [3.63, 3.8) is 0 Å². The van der Waals surface area contributed by atoms with Gasteiger partial charge in [0.1, 0.15) is 0 Å². The summed E-state index contributed by atoms with van der Waals surface area (Å²) in [6, 6.07) is 2.23. The maximum absolute atomic E-state index is 12.4. The molecular formula is C16H24N2O2. The summed E-state index contributed by atoms with van der Waals surface area (Å²) >= 11 is 0. The van der Waals surface area contributed by atoms with Crippen molar-refractivity contribution in [3.05, 3.63) is 23.5 Å². The lowest BCUT2D eigenvalue weighted by Crippen LogP contribution is -2.39. The van der Waals surface area contributed by atoms with Crippen LogP contribution in [-0.4, -0.2) is 29.7 Å². The van der Waals surface area contributed by atoms with Gasteiger partial charge in [0.2, 0.25) is 0 Å². The Kier molecular flexibility index (Phi) is 4.10. The zero-order chi connectivity index (χ0) is 13.9. The summed E-state index contributed by atoms with van der Waals surface area (Å²) in [7, 11) is 0. The van der Waals surface area contributed by atoms with Gasteiger partial charge in [-0.3, -0.25) is 4.79 Å². The normalized spacial score (nSPS) is 20.6. The van der Waals surface area contributed by atoms with Crippen LogP contribution < -0.4 is 5.32 Å². The minimum absolute atomic E-state index is 0.0711. The van der Waals surface area contributed by atoms with E-state index in [0.29, 0.717) is 0 Å². The van der Waals surface area contributed by atoms with E-state index in [0.717, 1.165) is 49.8 Å². The van der Waals surface area contributed by atoms with Gasteiger partial charge in [0, 0.05) is 37.7 Å². The van der Waals surface area contributed by atoms with Crippen LogP contribution >= 0.6 is 0 Å². The van der Waals surface area contributed by atoms with Gasteiger partial charge >= 0.3 is 0 Å². The number of nitrogens with one attached hydrogen (secondary N) is 1. The molecule has 1 saturated heterocycles. The number of amides is 1. The van der Waals surface area contributed by atoms with E-state index in [-0.39, 0.29) is 11.9 Å². The summed E-state index contributed by atoms with van der Waals surface area (Å²) < 4.78 is 7.56. The lowest BCUT2D eigenvalue weighted by molar-refractivity contribution is 0.0696. The quantitative estimate of drug-likeness (QED) is 0.918. The summed E-state index contributed by atoms with van der Waals surface area (Å²) in [5, 5.41) is 3.14. The fourth-order valence-electron chi connectivity index (χ4n) is 3.05. The van der Waals surface area contributed by atoms with Crippen molar-refractivity contribution < 1.29 is 9.53 Å². The van der Waals surface area contributed by atoms with E-state index in [1.54, 1.807) is 0 Å². The molecule has 1 aromatic rings. The number of aromatic nitrogens is 1. The van der Waals surface area contributed by atoms with Crippen molar-refractivity contribution in [1.82, 2.24) is 9.88 Å². The van der Waals surface area contributed by atoms with Crippen LogP contribution in [0.3, 0.4) is 0 Å². The van der Waals surface area contributed by atoms with Crippen LogP contribution in [0.1, 0.15) is 48.2 Å². The van der Waals surface area contributed by atoms with Gasteiger partial charge in [-0.15, -0.1) is 0 Å². The molecule has 0 spiro atoms. The number of hydrogen-bond donors (Lipinski definition) is 1. The third-order valence-corrected chi connectivity index (χ3v) is 4.72. The Morgan fingerprint density at radius 1 is 1.35 bits per heavy atom. The van der Waals surface area contributed by atoms with Gasteiger partial charge in [0.15, 0.2) is 0 Å². The molecule has 110 valence electrons. The molecule has 0 radical (unpaired) electrons. The van der Waals surface area contributed by atoms with Crippen molar-refractivity contribution >= 4 is 5.91 Å². The van der Waals surface area contributed by atoms with Crippen molar-refractivity contribution in [1.29, 1.82) is 0 Å². The number of rotatable bonds is 4. The molecule has 2 fully saturated rings. The third kappa shape index (κ3) is 2.90. The molecule has 4 nitrogen and oxygen atoms in total. The number of nitrogens with zero attached hydrogens (tertiary/aromatic N) is 1. The second-order valence-corrected chi connectivity index (χ2v) is 6.12. The first-order chi connectivity index (χ1) is 9.74. The van der Waals surface area contributed by atoms with E-state index >= 15 is 0 Å². The SMILES string of the molecule is Cc1c(C(=O)NC2CCOCC2)ccn1CC1CCC1. The predicted octanol–water partition coefficient (Wildman–Crippen LogP) is 2.51. The molecule has 0 atom stereocenters. The van der Waals surface area contributed by atoms with Crippen molar-refractivity contribution in [2.75, 3.05) is 13.2 Å². The van der Waals surface area contributed by atoms with Gasteiger partial charge in [-0.2, -0.15) is 0 Å². The van der Waals surface area contributed by atoms with E-state index in [9.17, 15) is 4.79 Å². The Morgan fingerprint density at radius 3 is 2.75 bits per heavy atom. The van der Waals surface area contributed by atoms with Crippen molar-refractivity contribution in [2.24, 2.45) is 5.92 Å². The third-order valence-electron chi connectivity index (χ3n) is 4.72. The average molecular weight is 276 g/mol. The standard InChI is InChI=1S/C16H24N2O2/c1-12-15(5-8-18(12)11-13-3-2-4-13)16(19)17-14-6-9-20-10-7-14/h5,8,13-14H,2-4,6-7,9-11H2,1H3,(H,17,19). The van der Waals surface area contributed by atoms with Crippen LogP contribution in [0.5, 0.6) is 0 Å². The summed E-state index contributed by atoms with van der Waals surface area (Å²) in [6.45, 7) is 4.63. The van der Waals surface area contributed by atoms with Crippen LogP contribution in [0.4, 0.5) is 0 Å². The monoisotopic (exact) mass is 276 g/mol. The molecular weight excluding hydrogens is 252 g/mol. The largest absolute Gasteiger partial charge is 0.381 e.